The Morgan fingerprint density at radius 2 is 1.31 bits per heavy atom. The molecule has 0 radical (unpaired) electrons. The monoisotopic (exact) mass is 782 g/mol. The van der Waals surface area contributed by atoms with Crippen LogP contribution in [-0.2, 0) is 5.41 Å². The number of nitrogens with zero attached hydrogens (tertiary/aromatic N) is 4. The zero-order valence-corrected chi connectivity index (χ0v) is 34.4. The van der Waals surface area contributed by atoms with Crippen molar-refractivity contribution in [3.05, 3.63) is 209 Å². The first-order valence-corrected chi connectivity index (χ1v) is 21.3. The predicted molar refractivity (Wildman–Crippen MR) is 254 cm³/mol. The van der Waals surface area contributed by atoms with Crippen LogP contribution in [0.4, 0.5) is 11.4 Å². The molecule has 0 saturated heterocycles. The number of aryl methyl sites for hydroxylation is 1. The Hall–Kier alpha value is -7.61. The molecule has 0 N–H and O–H groups in total. The Morgan fingerprint density at radius 3 is 2.15 bits per heavy atom. The molecule has 0 spiro atoms. The summed E-state index contributed by atoms with van der Waals surface area (Å²) in [5, 5.41) is 17.0. The first-order valence-electron chi connectivity index (χ1n) is 21.3. The van der Waals surface area contributed by atoms with E-state index in [4.69, 9.17) is 0 Å². The number of hydrogen-bond acceptors (Lipinski definition) is 2. The van der Waals surface area contributed by atoms with Gasteiger partial charge in [-0.05, 0) is 132 Å². The third-order valence-electron chi connectivity index (χ3n) is 13.6. The van der Waals surface area contributed by atoms with Gasteiger partial charge < -0.3 is 14.0 Å². The van der Waals surface area contributed by atoms with Gasteiger partial charge in [-0.25, -0.2) is 0 Å². The number of benzene rings is 8. The Bertz CT molecular complexity index is 3570. The Labute approximate surface area is 355 Å². The molecule has 0 aliphatic heterocycles. The van der Waals surface area contributed by atoms with Crippen molar-refractivity contribution in [2.24, 2.45) is 0 Å². The van der Waals surface area contributed by atoms with Crippen LogP contribution in [0.5, 0.6) is 0 Å². The van der Waals surface area contributed by atoms with Crippen LogP contribution in [0.25, 0.3) is 71.3 Å². The summed E-state index contributed by atoms with van der Waals surface area (Å²) in [5.74, 6) is 0. The minimum absolute atomic E-state index is 0.0153. The number of anilines is 2. The fourth-order valence-electron chi connectivity index (χ4n) is 10.7. The fourth-order valence-corrected chi connectivity index (χ4v) is 10.7. The molecule has 12 rings (SSSR count). The van der Waals surface area contributed by atoms with E-state index in [2.05, 4.69) is 205 Å². The molecule has 2 heterocycles. The summed E-state index contributed by atoms with van der Waals surface area (Å²) in [6.07, 6.45) is 4.44. The second-order valence-electron chi connectivity index (χ2n) is 17.3. The van der Waals surface area contributed by atoms with E-state index in [-0.39, 0.29) is 5.41 Å². The average Bonchev–Trinajstić information content (AvgIpc) is 3.89. The highest BCUT2D eigenvalue weighted by molar-refractivity contribution is 6.23. The normalized spacial score (nSPS) is 14.5. The number of hydrogen-bond donors (Lipinski definition) is 0. The lowest BCUT2D eigenvalue weighted by Crippen LogP contribution is -2.22. The summed E-state index contributed by atoms with van der Waals surface area (Å²) in [7, 11) is 0. The van der Waals surface area contributed by atoms with Gasteiger partial charge in [0.1, 0.15) is 0 Å². The molecule has 4 heteroatoms. The molecule has 0 atom stereocenters. The number of rotatable bonds is 5. The Balaban J connectivity index is 1.12. The first kappa shape index (κ1) is 35.3. The van der Waals surface area contributed by atoms with Gasteiger partial charge in [0.25, 0.3) is 0 Å². The molecule has 4 nitrogen and oxygen atoms in total. The van der Waals surface area contributed by atoms with Crippen molar-refractivity contribution in [2.45, 2.75) is 39.0 Å². The summed E-state index contributed by atoms with van der Waals surface area (Å²) in [6.45, 7) is 6.96. The minimum atomic E-state index is 0.0153. The molecule has 0 unspecified atom stereocenters. The largest absolute Gasteiger partial charge is 0.314 e. The van der Waals surface area contributed by atoms with Crippen molar-refractivity contribution in [1.29, 1.82) is 5.26 Å². The van der Waals surface area contributed by atoms with Gasteiger partial charge in [0, 0.05) is 60.8 Å². The molecule has 2 aromatic heterocycles. The maximum Gasteiger partial charge on any atom is 0.0991 e. The van der Waals surface area contributed by atoms with E-state index in [9.17, 15) is 5.26 Å². The zero-order chi connectivity index (χ0) is 41.0. The molecule has 0 amide bonds. The van der Waals surface area contributed by atoms with Gasteiger partial charge in [0.05, 0.1) is 33.7 Å². The minimum Gasteiger partial charge on any atom is -0.314 e. The van der Waals surface area contributed by atoms with Crippen molar-refractivity contribution in [3.8, 4) is 17.4 Å². The third-order valence-corrected chi connectivity index (χ3v) is 13.6. The second-order valence-corrected chi connectivity index (χ2v) is 17.3. The molecule has 61 heavy (non-hydrogen) atoms. The SMILES string of the molecule is Cc1ccccc1-n1c2ccccc2c2cc3c(ccc4c5cc(N(C6=CC7=C(CC6)C(C)(C)c6ccccc67)c6ccccc6)ccc5n(-c5ccc(C#N)cc5)c34)cc21. The van der Waals surface area contributed by atoms with E-state index in [1.54, 1.807) is 0 Å². The highest BCUT2D eigenvalue weighted by Crippen LogP contribution is 2.52. The van der Waals surface area contributed by atoms with Gasteiger partial charge in [-0.1, -0.05) is 110 Å². The quantitative estimate of drug-likeness (QED) is 0.174. The van der Waals surface area contributed by atoms with Crippen molar-refractivity contribution in [2.75, 3.05) is 4.90 Å². The number of allylic oxidation sites excluding steroid dienone is 4. The highest BCUT2D eigenvalue weighted by atomic mass is 15.2. The molecule has 0 fully saturated rings. The lowest BCUT2D eigenvalue weighted by atomic mass is 9.78. The Morgan fingerprint density at radius 1 is 0.574 bits per heavy atom. The van der Waals surface area contributed by atoms with E-state index < -0.39 is 0 Å². The summed E-state index contributed by atoms with van der Waals surface area (Å²) in [6, 6.07) is 64.0. The smallest absolute Gasteiger partial charge is 0.0991 e. The van der Waals surface area contributed by atoms with E-state index in [1.165, 1.54) is 82.6 Å². The van der Waals surface area contributed by atoms with Crippen LogP contribution in [0.3, 0.4) is 0 Å². The number of nitriles is 1. The summed E-state index contributed by atoms with van der Waals surface area (Å²) in [5.41, 5.74) is 18.1. The third kappa shape index (κ3) is 5.17. The van der Waals surface area contributed by atoms with E-state index in [0.29, 0.717) is 5.56 Å². The van der Waals surface area contributed by atoms with Crippen LogP contribution in [0.1, 0.15) is 48.9 Å². The van der Waals surface area contributed by atoms with Gasteiger partial charge in [0.2, 0.25) is 0 Å². The molecule has 2 aliphatic carbocycles. The molecule has 290 valence electrons. The van der Waals surface area contributed by atoms with Gasteiger partial charge >= 0.3 is 0 Å². The van der Waals surface area contributed by atoms with Crippen molar-refractivity contribution in [1.82, 2.24) is 9.13 Å². The number of aromatic nitrogens is 2. The number of para-hydroxylation sites is 3. The fraction of sp³-hybridized carbons (Fsp3) is 0.105. The zero-order valence-electron chi connectivity index (χ0n) is 34.4. The van der Waals surface area contributed by atoms with Crippen LogP contribution in [0.2, 0.25) is 0 Å². The lowest BCUT2D eigenvalue weighted by molar-refractivity contribution is 0.602. The lowest BCUT2D eigenvalue weighted by Gasteiger charge is -2.32. The average molecular weight is 783 g/mol. The van der Waals surface area contributed by atoms with Gasteiger partial charge in [-0.15, -0.1) is 0 Å². The first-order chi connectivity index (χ1) is 29.9. The van der Waals surface area contributed by atoms with Crippen LogP contribution >= 0.6 is 0 Å². The van der Waals surface area contributed by atoms with Gasteiger partial charge in [-0.3, -0.25) is 0 Å². The topological polar surface area (TPSA) is 36.9 Å². The second kappa shape index (κ2) is 13.2. The number of fused-ring (bicyclic) bond motifs is 10. The van der Waals surface area contributed by atoms with Crippen molar-refractivity contribution >= 4 is 71.3 Å². The van der Waals surface area contributed by atoms with Crippen molar-refractivity contribution < 1.29 is 0 Å². The summed E-state index contributed by atoms with van der Waals surface area (Å²) < 4.78 is 4.83. The van der Waals surface area contributed by atoms with E-state index in [0.717, 1.165) is 40.9 Å². The molecule has 2 aliphatic rings. The highest BCUT2D eigenvalue weighted by Gasteiger charge is 2.38. The van der Waals surface area contributed by atoms with Crippen LogP contribution in [-0.4, -0.2) is 9.13 Å². The van der Waals surface area contributed by atoms with Crippen LogP contribution in [0, 0.1) is 18.3 Å². The molecular weight excluding hydrogens is 741 g/mol. The summed E-state index contributed by atoms with van der Waals surface area (Å²) in [4.78, 5) is 2.48. The van der Waals surface area contributed by atoms with E-state index in [1.807, 2.05) is 12.1 Å². The molecule has 0 bridgehead atoms. The van der Waals surface area contributed by atoms with Crippen molar-refractivity contribution in [3.63, 3.8) is 0 Å². The predicted octanol–water partition coefficient (Wildman–Crippen LogP) is 14.8. The van der Waals surface area contributed by atoms with E-state index >= 15 is 0 Å². The molecule has 8 aromatic carbocycles. The molecule has 10 aromatic rings. The van der Waals surface area contributed by atoms with Gasteiger partial charge in [0.15, 0.2) is 0 Å². The maximum atomic E-state index is 9.77. The van der Waals surface area contributed by atoms with Crippen LogP contribution < -0.4 is 4.90 Å². The van der Waals surface area contributed by atoms with Crippen LogP contribution in [0.15, 0.2) is 187 Å². The summed E-state index contributed by atoms with van der Waals surface area (Å²) >= 11 is 0. The van der Waals surface area contributed by atoms with Gasteiger partial charge in [-0.2, -0.15) is 5.26 Å². The molecule has 0 saturated carbocycles. The standard InChI is InChI=1S/C57H42N4/c1-36-13-7-11-19-52(36)61-53-20-12-9-17-44(53)49-34-46-38(31-55(49)61)23-28-45-48-33-42(27-30-54(48)60(56(45)46)40-24-21-37(35-58)22-25-40)59(39-14-5-4-6-15-39)41-26-29-51-47(32-41)43-16-8-10-18-50(43)57(51,2)3/h4-25,27-28,30-34H,26,29H2,1-3H3. The maximum absolute atomic E-state index is 9.77. The Kier molecular flexibility index (Phi) is 7.65. The molecular formula is C57H42N4.